The highest BCUT2D eigenvalue weighted by molar-refractivity contribution is 14.1. The average Bonchev–Trinajstić information content (AvgIpc) is 2.25. The van der Waals surface area contributed by atoms with Crippen molar-refractivity contribution >= 4 is 28.7 Å². The second kappa shape index (κ2) is 4.25. The number of carbonyl (C=O) groups is 1. The van der Waals surface area contributed by atoms with E-state index in [-0.39, 0.29) is 11.0 Å². The molecule has 0 aromatic carbocycles. The van der Waals surface area contributed by atoms with Crippen LogP contribution >= 0.6 is 22.6 Å². The molecular weight excluding hydrogens is 341 g/mol. The molecule has 1 unspecified atom stereocenters. The third-order valence-corrected chi connectivity index (χ3v) is 7.20. The minimum Gasteiger partial charge on any atom is -0.442 e. The number of amides is 1. The molecule has 0 radical (unpaired) electrons. The summed E-state index contributed by atoms with van der Waals surface area (Å²) >= 11 is 2.36. The maximum Gasteiger partial charge on any atom is 0.405 e. The molecule has 18 heavy (non-hydrogen) atoms. The van der Waals surface area contributed by atoms with Crippen LogP contribution in [-0.2, 0) is 4.74 Å². The first kappa shape index (κ1) is 13.0. The van der Waals surface area contributed by atoms with Crippen molar-refractivity contribution in [2.75, 3.05) is 4.43 Å². The Morgan fingerprint density at radius 2 is 1.72 bits per heavy atom. The van der Waals surface area contributed by atoms with E-state index >= 15 is 0 Å². The Bertz CT molecular complexity index is 336. The van der Waals surface area contributed by atoms with Gasteiger partial charge in [0.1, 0.15) is 5.60 Å². The lowest BCUT2D eigenvalue weighted by Crippen LogP contribution is -2.59. The summed E-state index contributed by atoms with van der Waals surface area (Å²) in [5, 5.41) is 0. The molecule has 102 valence electrons. The monoisotopic (exact) mass is 363 g/mol. The van der Waals surface area contributed by atoms with E-state index in [0.29, 0.717) is 0 Å². The molecule has 4 heteroatoms. The molecule has 4 aliphatic carbocycles. The van der Waals surface area contributed by atoms with Crippen LogP contribution in [0.25, 0.3) is 0 Å². The van der Waals surface area contributed by atoms with Gasteiger partial charge in [-0.1, -0.05) is 22.6 Å². The zero-order chi connectivity index (χ0) is 13.0. The maximum absolute atomic E-state index is 11.3. The number of carbonyl (C=O) groups excluding carboxylic acids is 1. The molecule has 1 amide bonds. The van der Waals surface area contributed by atoms with Crippen molar-refractivity contribution in [3.05, 3.63) is 0 Å². The second-order valence-electron chi connectivity index (χ2n) is 6.98. The second-order valence-corrected chi connectivity index (χ2v) is 7.75. The number of ether oxygens (including phenoxy) is 1. The van der Waals surface area contributed by atoms with Crippen LogP contribution in [0.1, 0.15) is 45.4 Å². The van der Waals surface area contributed by atoms with Crippen LogP contribution < -0.4 is 5.73 Å². The van der Waals surface area contributed by atoms with E-state index in [9.17, 15) is 4.79 Å². The molecule has 0 heterocycles. The largest absolute Gasteiger partial charge is 0.442 e. The fourth-order valence-corrected chi connectivity index (χ4v) is 6.22. The van der Waals surface area contributed by atoms with Gasteiger partial charge in [0.2, 0.25) is 0 Å². The quantitative estimate of drug-likeness (QED) is 0.617. The van der Waals surface area contributed by atoms with E-state index in [1.807, 2.05) is 0 Å². The molecule has 2 N–H and O–H groups in total. The number of hydrogen-bond donors (Lipinski definition) is 1. The summed E-state index contributed by atoms with van der Waals surface area (Å²) in [6, 6.07) is 0. The van der Waals surface area contributed by atoms with E-state index < -0.39 is 6.09 Å². The molecule has 0 aromatic rings. The molecular formula is C14H22INO2. The van der Waals surface area contributed by atoms with Crippen LogP contribution in [0, 0.1) is 23.2 Å². The average molecular weight is 363 g/mol. The molecule has 4 saturated carbocycles. The van der Waals surface area contributed by atoms with Crippen LogP contribution in [0.2, 0.25) is 0 Å². The molecule has 1 atom stereocenters. The number of primary amides is 1. The van der Waals surface area contributed by atoms with Gasteiger partial charge in [-0.25, -0.2) is 4.79 Å². The Hall–Kier alpha value is 0. The smallest absolute Gasteiger partial charge is 0.405 e. The molecule has 4 aliphatic rings. The third-order valence-electron chi connectivity index (χ3n) is 5.74. The van der Waals surface area contributed by atoms with Crippen LogP contribution in [-0.4, -0.2) is 16.1 Å². The lowest BCUT2D eigenvalue weighted by atomic mass is 9.46. The zero-order valence-electron chi connectivity index (χ0n) is 11.0. The predicted molar refractivity (Wildman–Crippen MR) is 78.6 cm³/mol. The van der Waals surface area contributed by atoms with Gasteiger partial charge in [-0.2, -0.15) is 0 Å². The van der Waals surface area contributed by atoms with E-state index in [0.717, 1.165) is 22.2 Å². The topological polar surface area (TPSA) is 52.3 Å². The normalized spacial score (nSPS) is 44.7. The highest BCUT2D eigenvalue weighted by atomic mass is 127. The molecule has 0 aromatic heterocycles. The minimum absolute atomic E-state index is 0.206. The van der Waals surface area contributed by atoms with Crippen molar-refractivity contribution < 1.29 is 9.53 Å². The van der Waals surface area contributed by atoms with Crippen LogP contribution in [0.3, 0.4) is 0 Å². The Kier molecular flexibility index (Phi) is 3.07. The van der Waals surface area contributed by atoms with E-state index in [4.69, 9.17) is 10.5 Å². The standard InChI is InChI=1S/C14H22INO2/c1-13(8-15,18-12(16)17)14-5-9-2-10(6-14)4-11(3-9)7-14/h9-11H,2-8H2,1H3,(H2,16,17). The van der Waals surface area contributed by atoms with E-state index in [1.54, 1.807) is 0 Å². The molecule has 4 bridgehead atoms. The highest BCUT2D eigenvalue weighted by Crippen LogP contribution is 2.64. The maximum atomic E-state index is 11.3. The van der Waals surface area contributed by atoms with E-state index in [1.165, 1.54) is 38.5 Å². The first-order chi connectivity index (χ1) is 8.46. The SMILES string of the molecule is CC(CI)(OC(N)=O)C12CC3CC(CC(C3)C1)C2. The van der Waals surface area contributed by atoms with Crippen LogP contribution in [0.15, 0.2) is 0 Å². The lowest BCUT2D eigenvalue weighted by molar-refractivity contribution is -0.158. The molecule has 0 spiro atoms. The summed E-state index contributed by atoms with van der Waals surface area (Å²) < 4.78 is 6.45. The lowest BCUT2D eigenvalue weighted by Gasteiger charge is -2.61. The van der Waals surface area contributed by atoms with Crippen molar-refractivity contribution in [3.63, 3.8) is 0 Å². The van der Waals surface area contributed by atoms with Crippen molar-refractivity contribution in [1.29, 1.82) is 0 Å². The summed E-state index contributed by atoms with van der Waals surface area (Å²) in [6.45, 7) is 2.11. The van der Waals surface area contributed by atoms with Crippen molar-refractivity contribution in [2.24, 2.45) is 28.9 Å². The van der Waals surface area contributed by atoms with Gasteiger partial charge in [0.25, 0.3) is 0 Å². The molecule has 0 aliphatic heterocycles. The summed E-state index contributed by atoms with van der Waals surface area (Å²) in [4.78, 5) is 11.3. The molecule has 4 fully saturated rings. The number of hydrogen-bond acceptors (Lipinski definition) is 2. The Balaban J connectivity index is 1.91. The van der Waals surface area contributed by atoms with Crippen LogP contribution in [0.5, 0.6) is 0 Å². The summed E-state index contributed by atoms with van der Waals surface area (Å²) in [5.41, 5.74) is 5.15. The van der Waals surface area contributed by atoms with Gasteiger partial charge < -0.3 is 10.5 Å². The van der Waals surface area contributed by atoms with E-state index in [2.05, 4.69) is 29.5 Å². The predicted octanol–water partition coefficient (Wildman–Crippen LogP) is 3.49. The first-order valence-corrected chi connectivity index (χ1v) is 8.53. The summed E-state index contributed by atoms with van der Waals surface area (Å²) in [7, 11) is 0. The van der Waals surface area contributed by atoms with Gasteiger partial charge in [0.15, 0.2) is 0 Å². The summed E-state index contributed by atoms with van der Waals surface area (Å²) in [5.74, 6) is 2.61. The van der Waals surface area contributed by atoms with Crippen molar-refractivity contribution in [1.82, 2.24) is 0 Å². The Labute approximate surface area is 122 Å². The van der Waals surface area contributed by atoms with Crippen molar-refractivity contribution in [3.8, 4) is 0 Å². The number of nitrogens with two attached hydrogens (primary N) is 1. The number of rotatable bonds is 3. The third kappa shape index (κ3) is 1.86. The minimum atomic E-state index is -0.607. The number of alkyl halides is 1. The first-order valence-electron chi connectivity index (χ1n) is 7.01. The molecule has 0 saturated heterocycles. The molecule has 3 nitrogen and oxygen atoms in total. The summed E-state index contributed by atoms with van der Waals surface area (Å²) in [6.07, 6.45) is 7.35. The Morgan fingerprint density at radius 1 is 1.28 bits per heavy atom. The van der Waals surface area contributed by atoms with Gasteiger partial charge in [-0.15, -0.1) is 0 Å². The fourth-order valence-electron chi connectivity index (χ4n) is 5.26. The van der Waals surface area contributed by atoms with Crippen LogP contribution in [0.4, 0.5) is 4.79 Å². The Morgan fingerprint density at radius 3 is 2.06 bits per heavy atom. The highest BCUT2D eigenvalue weighted by Gasteiger charge is 2.60. The zero-order valence-corrected chi connectivity index (χ0v) is 13.1. The van der Waals surface area contributed by atoms with Gasteiger partial charge in [0, 0.05) is 9.84 Å². The van der Waals surface area contributed by atoms with Gasteiger partial charge in [0.05, 0.1) is 0 Å². The van der Waals surface area contributed by atoms with Gasteiger partial charge in [-0.3, -0.25) is 0 Å². The van der Waals surface area contributed by atoms with Gasteiger partial charge >= 0.3 is 6.09 Å². The molecule has 4 rings (SSSR count). The van der Waals surface area contributed by atoms with Crippen molar-refractivity contribution in [2.45, 2.75) is 51.0 Å². The van der Waals surface area contributed by atoms with Gasteiger partial charge in [-0.05, 0) is 63.2 Å². The fraction of sp³-hybridized carbons (Fsp3) is 0.929. The number of halogens is 1.